The smallest absolute Gasteiger partial charge is 0.237 e. The van der Waals surface area contributed by atoms with Crippen LogP contribution in [0.3, 0.4) is 0 Å². The number of para-hydroxylation sites is 2. The lowest BCUT2D eigenvalue weighted by atomic mass is 10.1. The van der Waals surface area contributed by atoms with Crippen LogP contribution < -0.4 is 15.0 Å². The number of rotatable bonds is 6. The maximum Gasteiger partial charge on any atom is 0.237 e. The lowest BCUT2D eigenvalue weighted by molar-refractivity contribution is -0.126. The molecule has 0 saturated carbocycles. The van der Waals surface area contributed by atoms with Crippen molar-refractivity contribution in [1.82, 2.24) is 10.2 Å². The minimum absolute atomic E-state index is 0.0593. The van der Waals surface area contributed by atoms with Crippen molar-refractivity contribution in [2.24, 2.45) is 0 Å². The number of ether oxygens (including phenoxy) is 1. The molecule has 1 atom stereocenters. The summed E-state index contributed by atoms with van der Waals surface area (Å²) in [4.78, 5) is 17.2. The molecule has 1 aliphatic rings. The van der Waals surface area contributed by atoms with Crippen LogP contribution in [0.15, 0.2) is 54.6 Å². The van der Waals surface area contributed by atoms with Gasteiger partial charge in [-0.15, -0.1) is 0 Å². The summed E-state index contributed by atoms with van der Waals surface area (Å²) in [5.41, 5.74) is 2.24. The van der Waals surface area contributed by atoms with Gasteiger partial charge in [-0.05, 0) is 25.1 Å². The standard InChI is InChI=1S/C21H27N3O2/c1-17(21(25)22-16-18-8-6-7-11-20(18)26-2)23-12-14-24(15-13-23)19-9-4-3-5-10-19/h3-11,17H,12-16H2,1-2H3,(H,22,25)/t17-/m1/s1. The number of anilines is 1. The molecule has 5 nitrogen and oxygen atoms in total. The van der Waals surface area contributed by atoms with Gasteiger partial charge in [-0.1, -0.05) is 36.4 Å². The number of piperazine rings is 1. The Bertz CT molecular complexity index is 712. The number of methoxy groups -OCH3 is 1. The van der Waals surface area contributed by atoms with Crippen molar-refractivity contribution in [3.05, 3.63) is 60.2 Å². The zero-order valence-electron chi connectivity index (χ0n) is 15.5. The molecule has 0 radical (unpaired) electrons. The van der Waals surface area contributed by atoms with Crippen molar-refractivity contribution in [3.63, 3.8) is 0 Å². The van der Waals surface area contributed by atoms with Gasteiger partial charge < -0.3 is 15.0 Å². The summed E-state index contributed by atoms with van der Waals surface area (Å²) in [6.45, 7) is 6.12. The fraction of sp³-hybridized carbons (Fsp3) is 0.381. The Kier molecular flexibility index (Phi) is 6.12. The molecule has 0 aromatic heterocycles. The summed E-state index contributed by atoms with van der Waals surface area (Å²) in [5.74, 6) is 0.862. The number of hydrogen-bond donors (Lipinski definition) is 1. The van der Waals surface area contributed by atoms with E-state index in [4.69, 9.17) is 4.74 Å². The van der Waals surface area contributed by atoms with Crippen molar-refractivity contribution in [2.45, 2.75) is 19.5 Å². The summed E-state index contributed by atoms with van der Waals surface area (Å²) >= 11 is 0. The number of carbonyl (C=O) groups excluding carboxylic acids is 1. The van der Waals surface area contributed by atoms with Crippen molar-refractivity contribution in [1.29, 1.82) is 0 Å². The Morgan fingerprint density at radius 2 is 1.69 bits per heavy atom. The highest BCUT2D eigenvalue weighted by molar-refractivity contribution is 5.81. The van der Waals surface area contributed by atoms with E-state index in [1.165, 1.54) is 5.69 Å². The molecule has 2 aromatic rings. The molecule has 5 heteroatoms. The number of nitrogens with zero attached hydrogens (tertiary/aromatic N) is 2. The van der Waals surface area contributed by atoms with Crippen LogP contribution in [0.1, 0.15) is 12.5 Å². The summed E-state index contributed by atoms with van der Waals surface area (Å²) in [6, 6.07) is 18.1. The van der Waals surface area contributed by atoms with Crippen LogP contribution in [0.2, 0.25) is 0 Å². The van der Waals surface area contributed by atoms with E-state index in [0.29, 0.717) is 6.54 Å². The Hall–Kier alpha value is -2.53. The molecule has 0 bridgehead atoms. The third-order valence-electron chi connectivity index (χ3n) is 5.01. The number of carbonyl (C=O) groups is 1. The molecule has 0 aliphatic carbocycles. The fourth-order valence-corrected chi connectivity index (χ4v) is 3.35. The minimum Gasteiger partial charge on any atom is -0.496 e. The van der Waals surface area contributed by atoms with E-state index in [0.717, 1.165) is 37.5 Å². The van der Waals surface area contributed by atoms with Crippen molar-refractivity contribution in [2.75, 3.05) is 38.2 Å². The molecule has 1 heterocycles. The van der Waals surface area contributed by atoms with E-state index in [9.17, 15) is 4.79 Å². The SMILES string of the molecule is COc1ccccc1CNC(=O)[C@@H](C)N1CCN(c2ccccc2)CC1. The maximum atomic E-state index is 12.6. The molecule has 1 saturated heterocycles. The highest BCUT2D eigenvalue weighted by Crippen LogP contribution is 2.18. The van der Waals surface area contributed by atoms with Gasteiger partial charge in [-0.3, -0.25) is 9.69 Å². The van der Waals surface area contributed by atoms with E-state index in [1.807, 2.05) is 37.3 Å². The van der Waals surface area contributed by atoms with Crippen molar-refractivity contribution >= 4 is 11.6 Å². The van der Waals surface area contributed by atoms with E-state index in [1.54, 1.807) is 7.11 Å². The summed E-state index contributed by atoms with van der Waals surface area (Å²) < 4.78 is 5.34. The fourth-order valence-electron chi connectivity index (χ4n) is 3.35. The van der Waals surface area contributed by atoms with Gasteiger partial charge in [-0.25, -0.2) is 0 Å². The van der Waals surface area contributed by atoms with Gasteiger partial charge in [0.05, 0.1) is 13.2 Å². The van der Waals surface area contributed by atoms with Crippen LogP contribution in [0.4, 0.5) is 5.69 Å². The van der Waals surface area contributed by atoms with E-state index < -0.39 is 0 Å². The third kappa shape index (κ3) is 4.35. The van der Waals surface area contributed by atoms with Crippen LogP contribution in [-0.2, 0) is 11.3 Å². The van der Waals surface area contributed by atoms with E-state index in [2.05, 4.69) is 39.4 Å². The van der Waals surface area contributed by atoms with Crippen molar-refractivity contribution < 1.29 is 9.53 Å². The first-order valence-electron chi connectivity index (χ1n) is 9.12. The Morgan fingerprint density at radius 3 is 2.38 bits per heavy atom. The second-order valence-electron chi connectivity index (χ2n) is 6.56. The predicted octanol–water partition coefficient (Wildman–Crippen LogP) is 2.52. The monoisotopic (exact) mass is 353 g/mol. The highest BCUT2D eigenvalue weighted by Gasteiger charge is 2.25. The average Bonchev–Trinajstić information content (AvgIpc) is 2.72. The second kappa shape index (κ2) is 8.72. The van der Waals surface area contributed by atoms with Crippen molar-refractivity contribution in [3.8, 4) is 5.75 Å². The number of nitrogens with one attached hydrogen (secondary N) is 1. The first-order valence-corrected chi connectivity index (χ1v) is 9.12. The first kappa shape index (κ1) is 18.3. The topological polar surface area (TPSA) is 44.8 Å². The summed E-state index contributed by atoms with van der Waals surface area (Å²) in [5, 5.41) is 3.04. The molecule has 1 fully saturated rings. The van der Waals surface area contributed by atoms with Crippen LogP contribution in [0.25, 0.3) is 0 Å². The van der Waals surface area contributed by atoms with Gasteiger partial charge in [0.15, 0.2) is 0 Å². The van der Waals surface area contributed by atoms with Gasteiger partial charge in [-0.2, -0.15) is 0 Å². The summed E-state index contributed by atoms with van der Waals surface area (Å²) in [7, 11) is 1.65. The molecule has 0 spiro atoms. The van der Waals surface area contributed by atoms with E-state index in [-0.39, 0.29) is 11.9 Å². The normalized spacial score (nSPS) is 16.2. The third-order valence-corrected chi connectivity index (χ3v) is 5.01. The minimum atomic E-state index is -0.136. The quantitative estimate of drug-likeness (QED) is 0.867. The molecule has 3 rings (SSSR count). The largest absolute Gasteiger partial charge is 0.496 e. The Morgan fingerprint density at radius 1 is 1.04 bits per heavy atom. The van der Waals surface area contributed by atoms with Gasteiger partial charge in [0, 0.05) is 44.0 Å². The second-order valence-corrected chi connectivity index (χ2v) is 6.56. The molecular formula is C21H27N3O2. The molecule has 26 heavy (non-hydrogen) atoms. The molecule has 0 unspecified atom stereocenters. The summed E-state index contributed by atoms with van der Waals surface area (Å²) in [6.07, 6.45) is 0. The first-order chi connectivity index (χ1) is 12.7. The van der Waals surface area contributed by atoms with Gasteiger partial charge >= 0.3 is 0 Å². The molecule has 1 aliphatic heterocycles. The molecule has 1 amide bonds. The average molecular weight is 353 g/mol. The Labute approximate surface area is 155 Å². The number of amides is 1. The zero-order valence-corrected chi connectivity index (χ0v) is 15.5. The molecule has 138 valence electrons. The lowest BCUT2D eigenvalue weighted by Gasteiger charge is -2.38. The zero-order chi connectivity index (χ0) is 18.4. The lowest BCUT2D eigenvalue weighted by Crippen LogP contribution is -2.53. The van der Waals surface area contributed by atoms with Crippen LogP contribution in [0.5, 0.6) is 5.75 Å². The maximum absolute atomic E-state index is 12.6. The van der Waals surface area contributed by atoms with E-state index >= 15 is 0 Å². The number of hydrogen-bond acceptors (Lipinski definition) is 4. The molecule has 1 N–H and O–H groups in total. The van der Waals surface area contributed by atoms with Crippen LogP contribution >= 0.6 is 0 Å². The number of benzene rings is 2. The highest BCUT2D eigenvalue weighted by atomic mass is 16.5. The van der Waals surface area contributed by atoms with Crippen LogP contribution in [0, 0.1) is 0 Å². The molecule has 2 aromatic carbocycles. The van der Waals surface area contributed by atoms with Crippen LogP contribution in [-0.4, -0.2) is 50.1 Å². The Balaban J connectivity index is 1.50. The van der Waals surface area contributed by atoms with Gasteiger partial charge in [0.2, 0.25) is 5.91 Å². The van der Waals surface area contributed by atoms with Gasteiger partial charge in [0.1, 0.15) is 5.75 Å². The molecular weight excluding hydrogens is 326 g/mol. The van der Waals surface area contributed by atoms with Gasteiger partial charge in [0.25, 0.3) is 0 Å². The predicted molar refractivity (Wildman–Crippen MR) is 105 cm³/mol.